The van der Waals surface area contributed by atoms with Crippen molar-refractivity contribution in [3.05, 3.63) is 59.9 Å². The van der Waals surface area contributed by atoms with E-state index in [0.29, 0.717) is 13.2 Å². The number of benzene rings is 2. The second-order valence-corrected chi connectivity index (χ2v) is 7.95. The Morgan fingerprint density at radius 3 is 2.38 bits per heavy atom. The standard InChI is InChI=1S/C27H37N3O4/c1-5-7-8-9-10-18-28-27(32)30(3)24-13-11-12-23(20-24)22-16-14-21(15-17-22)19-25(34-6-2)26(31)29-33-4/h11-17,19-20H,5-10,18H2,1-4H3,(H,28,32)(H,29,31)/b25-19-. The first kappa shape index (κ1) is 26.9. The van der Waals surface area contributed by atoms with E-state index in [9.17, 15) is 9.59 Å². The van der Waals surface area contributed by atoms with Crippen LogP contribution in [0.5, 0.6) is 0 Å². The molecule has 2 N–H and O–H groups in total. The Morgan fingerprint density at radius 2 is 1.71 bits per heavy atom. The number of hydroxylamine groups is 1. The van der Waals surface area contributed by atoms with Gasteiger partial charge in [-0.15, -0.1) is 0 Å². The third-order valence-electron chi connectivity index (χ3n) is 5.35. The van der Waals surface area contributed by atoms with Crippen molar-refractivity contribution in [3.8, 4) is 11.1 Å². The van der Waals surface area contributed by atoms with Gasteiger partial charge in [0.1, 0.15) is 0 Å². The lowest BCUT2D eigenvalue weighted by Gasteiger charge is -2.19. The highest BCUT2D eigenvalue weighted by atomic mass is 16.6. The van der Waals surface area contributed by atoms with Gasteiger partial charge in [-0.25, -0.2) is 10.3 Å². The van der Waals surface area contributed by atoms with Crippen LogP contribution in [-0.4, -0.2) is 39.2 Å². The van der Waals surface area contributed by atoms with E-state index in [1.165, 1.54) is 26.4 Å². The Kier molecular flexibility index (Phi) is 11.7. The van der Waals surface area contributed by atoms with Gasteiger partial charge in [-0.3, -0.25) is 14.5 Å². The average Bonchev–Trinajstić information content (AvgIpc) is 2.86. The SMILES string of the molecule is CCCCCCCNC(=O)N(C)c1cccc(-c2ccc(/C=C(\OCC)C(=O)NOC)cc2)c1. The summed E-state index contributed by atoms with van der Waals surface area (Å²) in [5.41, 5.74) is 5.91. The molecular formula is C27H37N3O4. The zero-order valence-corrected chi connectivity index (χ0v) is 20.7. The zero-order chi connectivity index (χ0) is 24.8. The molecule has 0 aliphatic carbocycles. The van der Waals surface area contributed by atoms with Crippen LogP contribution in [0.1, 0.15) is 51.5 Å². The highest BCUT2D eigenvalue weighted by molar-refractivity contribution is 5.95. The molecule has 0 spiro atoms. The van der Waals surface area contributed by atoms with E-state index in [-0.39, 0.29) is 11.8 Å². The summed E-state index contributed by atoms with van der Waals surface area (Å²) in [5.74, 6) is -0.263. The summed E-state index contributed by atoms with van der Waals surface area (Å²) in [4.78, 5) is 30.9. The zero-order valence-electron chi connectivity index (χ0n) is 20.7. The molecule has 0 saturated heterocycles. The van der Waals surface area contributed by atoms with Gasteiger partial charge in [0.2, 0.25) is 0 Å². The highest BCUT2D eigenvalue weighted by Crippen LogP contribution is 2.25. The van der Waals surface area contributed by atoms with Crippen LogP contribution in [0.25, 0.3) is 17.2 Å². The first-order valence-corrected chi connectivity index (χ1v) is 11.9. The molecule has 0 fully saturated rings. The van der Waals surface area contributed by atoms with Crippen LogP contribution in [-0.2, 0) is 14.4 Å². The van der Waals surface area contributed by atoms with Crippen molar-refractivity contribution in [1.82, 2.24) is 10.8 Å². The number of hydrogen-bond donors (Lipinski definition) is 2. The molecule has 2 rings (SSSR count). The lowest BCUT2D eigenvalue weighted by Crippen LogP contribution is -2.37. The molecule has 0 bridgehead atoms. The summed E-state index contributed by atoms with van der Waals surface area (Å²) < 4.78 is 5.42. The van der Waals surface area contributed by atoms with E-state index in [2.05, 4.69) is 22.6 Å². The van der Waals surface area contributed by atoms with Crippen molar-refractivity contribution in [2.24, 2.45) is 0 Å². The Labute approximate surface area is 203 Å². The van der Waals surface area contributed by atoms with Gasteiger partial charge in [0.05, 0.1) is 13.7 Å². The Hall–Kier alpha value is -3.32. The second-order valence-electron chi connectivity index (χ2n) is 7.95. The Bertz CT molecular complexity index is 941. The molecule has 184 valence electrons. The maximum absolute atomic E-state index is 12.5. The minimum Gasteiger partial charge on any atom is -0.488 e. The molecule has 0 unspecified atom stereocenters. The van der Waals surface area contributed by atoms with E-state index in [1.807, 2.05) is 55.5 Å². The fraction of sp³-hybridized carbons (Fsp3) is 0.407. The number of hydrogen-bond acceptors (Lipinski definition) is 4. The quantitative estimate of drug-likeness (QED) is 0.176. The molecule has 3 amide bonds. The maximum Gasteiger partial charge on any atom is 0.321 e. The number of nitrogens with zero attached hydrogens (tertiary/aromatic N) is 1. The van der Waals surface area contributed by atoms with Crippen LogP contribution in [0.15, 0.2) is 54.3 Å². The predicted molar refractivity (Wildman–Crippen MR) is 137 cm³/mol. The van der Waals surface area contributed by atoms with Gasteiger partial charge in [0.25, 0.3) is 0 Å². The summed E-state index contributed by atoms with van der Waals surface area (Å²) in [6, 6.07) is 15.5. The summed E-state index contributed by atoms with van der Waals surface area (Å²) in [7, 11) is 3.15. The van der Waals surface area contributed by atoms with Crippen molar-refractivity contribution in [1.29, 1.82) is 0 Å². The van der Waals surface area contributed by atoms with Crippen LogP contribution in [0.3, 0.4) is 0 Å². The van der Waals surface area contributed by atoms with E-state index in [0.717, 1.165) is 35.2 Å². The fourth-order valence-electron chi connectivity index (χ4n) is 3.45. The maximum atomic E-state index is 12.5. The van der Waals surface area contributed by atoms with Crippen molar-refractivity contribution >= 4 is 23.7 Å². The van der Waals surface area contributed by atoms with Crippen molar-refractivity contribution in [2.75, 3.05) is 32.2 Å². The van der Waals surface area contributed by atoms with Gasteiger partial charge in [-0.1, -0.05) is 69.0 Å². The number of carbonyl (C=O) groups excluding carboxylic acids is 2. The summed E-state index contributed by atoms with van der Waals surface area (Å²) in [5, 5.41) is 3.00. The van der Waals surface area contributed by atoms with Gasteiger partial charge in [-0.05, 0) is 48.2 Å². The predicted octanol–water partition coefficient (Wildman–Crippen LogP) is 5.52. The molecule has 7 nitrogen and oxygen atoms in total. The van der Waals surface area contributed by atoms with Gasteiger partial charge < -0.3 is 10.1 Å². The van der Waals surface area contributed by atoms with E-state index in [1.54, 1.807) is 18.0 Å². The third kappa shape index (κ3) is 8.56. The lowest BCUT2D eigenvalue weighted by molar-refractivity contribution is -0.130. The summed E-state index contributed by atoms with van der Waals surface area (Å²) in [6.07, 6.45) is 7.48. The average molecular weight is 468 g/mol. The van der Waals surface area contributed by atoms with Crippen molar-refractivity contribution < 1.29 is 19.2 Å². The second kappa shape index (κ2) is 14.8. The fourth-order valence-corrected chi connectivity index (χ4v) is 3.45. The first-order chi connectivity index (χ1) is 16.5. The van der Waals surface area contributed by atoms with Crippen molar-refractivity contribution in [3.63, 3.8) is 0 Å². The number of urea groups is 1. The first-order valence-electron chi connectivity index (χ1n) is 11.9. The van der Waals surface area contributed by atoms with Crippen LogP contribution in [0, 0.1) is 0 Å². The molecule has 0 heterocycles. The van der Waals surface area contributed by atoms with Crippen LogP contribution < -0.4 is 15.7 Å². The normalized spacial score (nSPS) is 11.1. The van der Waals surface area contributed by atoms with E-state index >= 15 is 0 Å². The molecule has 0 saturated carbocycles. The minimum absolute atomic E-state index is 0.106. The minimum atomic E-state index is -0.441. The molecule has 0 aromatic heterocycles. The molecular weight excluding hydrogens is 430 g/mol. The number of unbranched alkanes of at least 4 members (excludes halogenated alkanes) is 4. The molecule has 0 atom stereocenters. The molecule has 2 aromatic carbocycles. The number of carbonyl (C=O) groups is 2. The number of anilines is 1. The topological polar surface area (TPSA) is 79.9 Å². The smallest absolute Gasteiger partial charge is 0.321 e. The number of amides is 3. The van der Waals surface area contributed by atoms with Crippen molar-refractivity contribution in [2.45, 2.75) is 46.0 Å². The van der Waals surface area contributed by atoms with Gasteiger partial charge in [-0.2, -0.15) is 0 Å². The molecule has 0 aliphatic rings. The number of ether oxygens (including phenoxy) is 1. The summed E-state index contributed by atoms with van der Waals surface area (Å²) >= 11 is 0. The molecule has 0 radical (unpaired) electrons. The Balaban J connectivity index is 2.05. The Morgan fingerprint density at radius 1 is 0.971 bits per heavy atom. The molecule has 0 aliphatic heterocycles. The number of nitrogens with one attached hydrogen (secondary N) is 2. The summed E-state index contributed by atoms with van der Waals surface area (Å²) in [6.45, 7) is 5.06. The van der Waals surface area contributed by atoms with E-state index in [4.69, 9.17) is 4.74 Å². The molecule has 34 heavy (non-hydrogen) atoms. The monoisotopic (exact) mass is 467 g/mol. The van der Waals surface area contributed by atoms with Gasteiger partial charge in [0, 0.05) is 19.3 Å². The van der Waals surface area contributed by atoms with Gasteiger partial charge >= 0.3 is 11.9 Å². The van der Waals surface area contributed by atoms with Gasteiger partial charge in [0.15, 0.2) is 5.76 Å². The third-order valence-corrected chi connectivity index (χ3v) is 5.35. The largest absolute Gasteiger partial charge is 0.488 e. The van der Waals surface area contributed by atoms with Crippen LogP contribution >= 0.6 is 0 Å². The number of rotatable bonds is 13. The molecule has 2 aromatic rings. The highest BCUT2D eigenvalue weighted by Gasteiger charge is 2.12. The van der Waals surface area contributed by atoms with E-state index < -0.39 is 5.91 Å². The van der Waals surface area contributed by atoms with Crippen LogP contribution in [0.2, 0.25) is 0 Å². The molecule has 7 heteroatoms. The lowest BCUT2D eigenvalue weighted by atomic mass is 10.0. The van der Waals surface area contributed by atoms with Crippen LogP contribution in [0.4, 0.5) is 10.5 Å².